The smallest absolute Gasteiger partial charge is 0.167 e. The number of benzene rings is 1. The summed E-state index contributed by atoms with van der Waals surface area (Å²) in [6, 6.07) is 9.43. The van der Waals surface area contributed by atoms with E-state index in [1.165, 1.54) is 6.26 Å². The lowest BCUT2D eigenvalue weighted by Gasteiger charge is -2.10. The van der Waals surface area contributed by atoms with Gasteiger partial charge in [-0.3, -0.25) is 0 Å². The zero-order chi connectivity index (χ0) is 17.0. The van der Waals surface area contributed by atoms with E-state index in [9.17, 15) is 13.7 Å². The van der Waals surface area contributed by atoms with Gasteiger partial charge in [0, 0.05) is 12.8 Å². The van der Waals surface area contributed by atoms with Crippen LogP contribution in [0.5, 0.6) is 0 Å². The molecule has 1 heterocycles. The molecule has 0 saturated carbocycles. The van der Waals surface area contributed by atoms with Crippen LogP contribution in [0.25, 0.3) is 0 Å². The molecule has 1 aromatic heterocycles. The lowest BCUT2D eigenvalue weighted by Crippen LogP contribution is -2.07. The summed E-state index contributed by atoms with van der Waals surface area (Å²) in [6.45, 7) is 4.13. The predicted molar refractivity (Wildman–Crippen MR) is 88.5 cm³/mol. The highest BCUT2D eigenvalue weighted by molar-refractivity contribution is 7.89. The van der Waals surface area contributed by atoms with Crippen molar-refractivity contribution in [3.63, 3.8) is 0 Å². The standard InChI is InChI=1S/C16H18N4O2S/c1-11-12(2)19-20-16(15(11)8-17)18-9-13-4-6-14(7-5-13)10-23(3,21)22/h4-7H,9-10H2,1-3H3,(H,18,20). The third-order valence-electron chi connectivity index (χ3n) is 3.48. The highest BCUT2D eigenvalue weighted by Gasteiger charge is 2.10. The molecular formula is C16H18N4O2S. The van der Waals surface area contributed by atoms with Crippen molar-refractivity contribution in [1.82, 2.24) is 10.2 Å². The first-order chi connectivity index (χ1) is 10.8. The van der Waals surface area contributed by atoms with E-state index in [0.29, 0.717) is 17.9 Å². The molecule has 0 radical (unpaired) electrons. The molecule has 1 aromatic carbocycles. The van der Waals surface area contributed by atoms with Gasteiger partial charge in [0.15, 0.2) is 15.7 Å². The molecule has 0 unspecified atom stereocenters. The van der Waals surface area contributed by atoms with Crippen molar-refractivity contribution in [3.05, 3.63) is 52.2 Å². The summed E-state index contributed by atoms with van der Waals surface area (Å²) in [4.78, 5) is 0. The van der Waals surface area contributed by atoms with Crippen molar-refractivity contribution in [1.29, 1.82) is 5.26 Å². The highest BCUT2D eigenvalue weighted by Crippen LogP contribution is 2.18. The maximum absolute atomic E-state index is 11.3. The van der Waals surface area contributed by atoms with Crippen LogP contribution >= 0.6 is 0 Å². The van der Waals surface area contributed by atoms with Gasteiger partial charge in [0.25, 0.3) is 0 Å². The monoisotopic (exact) mass is 330 g/mol. The van der Waals surface area contributed by atoms with Crippen LogP contribution in [0, 0.1) is 25.2 Å². The van der Waals surface area contributed by atoms with E-state index in [4.69, 9.17) is 0 Å². The lowest BCUT2D eigenvalue weighted by atomic mass is 10.1. The van der Waals surface area contributed by atoms with Gasteiger partial charge in [0.1, 0.15) is 11.6 Å². The fourth-order valence-electron chi connectivity index (χ4n) is 2.11. The molecule has 0 aliphatic heterocycles. The van der Waals surface area contributed by atoms with E-state index < -0.39 is 9.84 Å². The second kappa shape index (κ2) is 6.75. The maximum Gasteiger partial charge on any atom is 0.167 e. The van der Waals surface area contributed by atoms with E-state index in [2.05, 4.69) is 21.6 Å². The van der Waals surface area contributed by atoms with Gasteiger partial charge in [0.05, 0.1) is 11.4 Å². The van der Waals surface area contributed by atoms with E-state index >= 15 is 0 Å². The summed E-state index contributed by atoms with van der Waals surface area (Å²) in [5, 5.41) is 20.4. The lowest BCUT2D eigenvalue weighted by molar-refractivity contribution is 0.601. The van der Waals surface area contributed by atoms with Crippen molar-refractivity contribution < 1.29 is 8.42 Å². The van der Waals surface area contributed by atoms with Crippen LogP contribution in [0.3, 0.4) is 0 Å². The molecule has 0 aliphatic carbocycles. The number of nitrogens with one attached hydrogen (secondary N) is 1. The molecular weight excluding hydrogens is 312 g/mol. The summed E-state index contributed by atoms with van der Waals surface area (Å²) >= 11 is 0. The van der Waals surface area contributed by atoms with Crippen LogP contribution in [0.4, 0.5) is 5.82 Å². The Labute approximate surface area is 136 Å². The van der Waals surface area contributed by atoms with E-state index in [1.807, 2.05) is 26.0 Å². The SMILES string of the molecule is Cc1nnc(NCc2ccc(CS(C)(=O)=O)cc2)c(C#N)c1C. The first kappa shape index (κ1) is 16.9. The minimum atomic E-state index is -3.03. The second-order valence-corrected chi connectivity index (χ2v) is 7.63. The number of anilines is 1. The number of aromatic nitrogens is 2. The molecule has 2 rings (SSSR count). The topological polar surface area (TPSA) is 95.7 Å². The molecule has 0 fully saturated rings. The molecule has 23 heavy (non-hydrogen) atoms. The van der Waals surface area contributed by atoms with Crippen molar-refractivity contribution in [2.75, 3.05) is 11.6 Å². The fourth-order valence-corrected chi connectivity index (χ4v) is 2.91. The molecule has 2 aromatic rings. The van der Waals surface area contributed by atoms with Gasteiger partial charge in [-0.1, -0.05) is 24.3 Å². The Kier molecular flexibility index (Phi) is 4.96. The molecule has 0 spiro atoms. The normalized spacial score (nSPS) is 11.0. The van der Waals surface area contributed by atoms with Gasteiger partial charge in [-0.15, -0.1) is 5.10 Å². The molecule has 0 bridgehead atoms. The van der Waals surface area contributed by atoms with E-state index in [1.54, 1.807) is 12.1 Å². The minimum Gasteiger partial charge on any atom is -0.363 e. The zero-order valence-corrected chi connectivity index (χ0v) is 14.1. The Balaban J connectivity index is 2.10. The third kappa shape index (κ3) is 4.50. The Morgan fingerprint density at radius 2 is 1.74 bits per heavy atom. The average molecular weight is 330 g/mol. The fraction of sp³-hybridized carbons (Fsp3) is 0.312. The van der Waals surface area contributed by atoms with Crippen molar-refractivity contribution in [2.45, 2.75) is 26.1 Å². The summed E-state index contributed by atoms with van der Waals surface area (Å²) in [5.41, 5.74) is 3.75. The number of sulfone groups is 1. The van der Waals surface area contributed by atoms with Gasteiger partial charge in [-0.05, 0) is 30.5 Å². The predicted octanol–water partition coefficient (Wildman–Crippen LogP) is 2.12. The summed E-state index contributed by atoms with van der Waals surface area (Å²) in [6.07, 6.45) is 1.21. The molecule has 0 atom stereocenters. The van der Waals surface area contributed by atoms with Gasteiger partial charge in [-0.2, -0.15) is 10.4 Å². The number of nitrogens with zero attached hydrogens (tertiary/aromatic N) is 3. The Morgan fingerprint density at radius 3 is 2.30 bits per heavy atom. The molecule has 0 amide bonds. The van der Waals surface area contributed by atoms with Gasteiger partial charge >= 0.3 is 0 Å². The quantitative estimate of drug-likeness (QED) is 0.902. The first-order valence-corrected chi connectivity index (χ1v) is 9.09. The average Bonchev–Trinajstić information content (AvgIpc) is 2.48. The number of aryl methyl sites for hydroxylation is 1. The minimum absolute atomic E-state index is 0.0297. The molecule has 6 nitrogen and oxygen atoms in total. The van der Waals surface area contributed by atoms with E-state index in [0.717, 1.165) is 22.4 Å². The van der Waals surface area contributed by atoms with Crippen LogP contribution in [0.2, 0.25) is 0 Å². The second-order valence-electron chi connectivity index (χ2n) is 5.49. The number of hydrogen-bond acceptors (Lipinski definition) is 6. The first-order valence-electron chi connectivity index (χ1n) is 7.03. The van der Waals surface area contributed by atoms with Gasteiger partial charge in [-0.25, -0.2) is 8.42 Å². The number of hydrogen-bond donors (Lipinski definition) is 1. The van der Waals surface area contributed by atoms with Crippen molar-refractivity contribution in [3.8, 4) is 6.07 Å². The van der Waals surface area contributed by atoms with E-state index in [-0.39, 0.29) is 5.75 Å². The molecule has 0 aliphatic rings. The Hall–Kier alpha value is -2.46. The van der Waals surface area contributed by atoms with Crippen LogP contribution in [-0.2, 0) is 22.1 Å². The van der Waals surface area contributed by atoms with Crippen LogP contribution in [-0.4, -0.2) is 24.9 Å². The van der Waals surface area contributed by atoms with Gasteiger partial charge < -0.3 is 5.32 Å². The zero-order valence-electron chi connectivity index (χ0n) is 13.3. The molecule has 120 valence electrons. The van der Waals surface area contributed by atoms with Crippen LogP contribution < -0.4 is 5.32 Å². The van der Waals surface area contributed by atoms with Crippen molar-refractivity contribution in [2.24, 2.45) is 0 Å². The number of nitriles is 1. The Bertz CT molecular complexity index is 853. The Morgan fingerprint density at radius 1 is 1.13 bits per heavy atom. The number of rotatable bonds is 5. The molecule has 7 heteroatoms. The summed E-state index contributed by atoms with van der Waals surface area (Å²) in [5.74, 6) is 0.484. The maximum atomic E-state index is 11.3. The molecule has 1 N–H and O–H groups in total. The largest absolute Gasteiger partial charge is 0.363 e. The summed E-state index contributed by atoms with van der Waals surface area (Å²) < 4.78 is 22.5. The summed E-state index contributed by atoms with van der Waals surface area (Å²) in [7, 11) is -3.03. The van der Waals surface area contributed by atoms with Crippen molar-refractivity contribution >= 4 is 15.7 Å². The third-order valence-corrected chi connectivity index (χ3v) is 4.34. The highest BCUT2D eigenvalue weighted by atomic mass is 32.2. The van der Waals surface area contributed by atoms with Gasteiger partial charge in [0.2, 0.25) is 0 Å². The van der Waals surface area contributed by atoms with Crippen LogP contribution in [0.15, 0.2) is 24.3 Å². The van der Waals surface area contributed by atoms with Crippen LogP contribution in [0.1, 0.15) is 27.9 Å². The molecule has 0 saturated heterocycles.